The first-order chi connectivity index (χ1) is 6.75. The van der Waals surface area contributed by atoms with Crippen LogP contribution < -0.4 is 5.46 Å². The van der Waals surface area contributed by atoms with Crippen LogP contribution in [-0.4, -0.2) is 17.2 Å². The van der Waals surface area contributed by atoms with Crippen molar-refractivity contribution in [1.82, 2.24) is 0 Å². The van der Waals surface area contributed by atoms with Gasteiger partial charge in [0.2, 0.25) is 0 Å². The molecule has 2 N–H and O–H groups in total. The minimum absolute atomic E-state index is 0.207. The quantitative estimate of drug-likeness (QED) is 0.744. The molecule has 1 aromatic rings. The van der Waals surface area contributed by atoms with E-state index < -0.39 is 7.12 Å². The second-order valence-corrected chi connectivity index (χ2v) is 5.23. The Kier molecular flexibility index (Phi) is 3.72. The van der Waals surface area contributed by atoms with Gasteiger partial charge in [-0.25, -0.2) is 0 Å². The molecule has 0 saturated carbocycles. The lowest BCUT2D eigenvalue weighted by Gasteiger charge is -2.24. The Labute approximate surface area is 100.0 Å². The molecule has 0 fully saturated rings. The third kappa shape index (κ3) is 2.67. The van der Waals surface area contributed by atoms with Crippen LogP contribution in [0, 0.1) is 0 Å². The highest BCUT2D eigenvalue weighted by molar-refractivity contribution is 6.64. The van der Waals surface area contributed by atoms with E-state index in [4.69, 9.17) is 23.2 Å². The molecule has 0 unspecified atom stereocenters. The topological polar surface area (TPSA) is 40.5 Å². The minimum atomic E-state index is -1.61. The predicted molar refractivity (Wildman–Crippen MR) is 65.0 cm³/mol. The monoisotopic (exact) mass is 246 g/mol. The van der Waals surface area contributed by atoms with E-state index >= 15 is 0 Å². The van der Waals surface area contributed by atoms with E-state index in [0.29, 0.717) is 5.02 Å². The van der Waals surface area contributed by atoms with Crippen molar-refractivity contribution in [3.8, 4) is 0 Å². The molecule has 0 aliphatic heterocycles. The molecular weight excluding hydrogens is 234 g/mol. The lowest BCUT2D eigenvalue weighted by Crippen LogP contribution is -2.38. The van der Waals surface area contributed by atoms with Gasteiger partial charge in [-0.3, -0.25) is 0 Å². The van der Waals surface area contributed by atoms with Crippen molar-refractivity contribution in [3.63, 3.8) is 0 Å². The fourth-order valence-corrected chi connectivity index (χ4v) is 1.90. The van der Waals surface area contributed by atoms with Gasteiger partial charge in [0, 0.05) is 5.46 Å². The van der Waals surface area contributed by atoms with Crippen molar-refractivity contribution < 1.29 is 10.0 Å². The number of rotatable bonds is 1. The number of hydrogen-bond donors (Lipinski definition) is 2. The van der Waals surface area contributed by atoms with E-state index in [1.807, 2.05) is 20.8 Å². The van der Waals surface area contributed by atoms with Crippen molar-refractivity contribution in [2.75, 3.05) is 0 Å². The van der Waals surface area contributed by atoms with Crippen LogP contribution in [0.25, 0.3) is 0 Å². The molecule has 0 aromatic heterocycles. The Morgan fingerprint density at radius 3 is 2.07 bits per heavy atom. The molecule has 0 amide bonds. The van der Waals surface area contributed by atoms with Crippen LogP contribution in [-0.2, 0) is 5.41 Å². The van der Waals surface area contributed by atoms with Gasteiger partial charge in [-0.05, 0) is 17.0 Å². The van der Waals surface area contributed by atoms with E-state index in [9.17, 15) is 10.0 Å². The first-order valence-electron chi connectivity index (χ1n) is 4.59. The molecule has 15 heavy (non-hydrogen) atoms. The lowest BCUT2D eigenvalue weighted by molar-refractivity contribution is 0.424. The van der Waals surface area contributed by atoms with E-state index in [1.54, 1.807) is 12.1 Å². The van der Waals surface area contributed by atoms with Crippen molar-refractivity contribution in [1.29, 1.82) is 0 Å². The number of benzene rings is 1. The summed E-state index contributed by atoms with van der Waals surface area (Å²) in [6.45, 7) is 5.91. The van der Waals surface area contributed by atoms with Gasteiger partial charge in [0.25, 0.3) is 0 Å². The van der Waals surface area contributed by atoms with Crippen molar-refractivity contribution >= 4 is 35.8 Å². The van der Waals surface area contributed by atoms with E-state index in [0.717, 1.165) is 5.56 Å². The Balaban J connectivity index is 3.47. The average Bonchev–Trinajstić information content (AvgIpc) is 2.06. The van der Waals surface area contributed by atoms with Crippen LogP contribution in [0.3, 0.4) is 0 Å². The number of hydrogen-bond acceptors (Lipinski definition) is 2. The Hall–Kier alpha value is -0.215. The van der Waals surface area contributed by atoms with Gasteiger partial charge < -0.3 is 10.0 Å². The van der Waals surface area contributed by atoms with Gasteiger partial charge in [-0.1, -0.05) is 50.0 Å². The lowest BCUT2D eigenvalue weighted by atomic mass is 9.70. The molecule has 82 valence electrons. The molecule has 0 aliphatic rings. The summed E-state index contributed by atoms with van der Waals surface area (Å²) in [7, 11) is -1.61. The maximum absolute atomic E-state index is 9.29. The summed E-state index contributed by atoms with van der Waals surface area (Å²) in [5, 5.41) is 19.1. The van der Waals surface area contributed by atoms with Gasteiger partial charge in [0.15, 0.2) is 0 Å². The summed E-state index contributed by atoms with van der Waals surface area (Å²) in [5.41, 5.74) is 0.858. The smallest absolute Gasteiger partial charge is 0.423 e. The van der Waals surface area contributed by atoms with Crippen LogP contribution >= 0.6 is 23.2 Å². The number of halogens is 2. The summed E-state index contributed by atoms with van der Waals surface area (Å²) in [5.74, 6) is 0. The molecule has 0 spiro atoms. The molecule has 1 aromatic carbocycles. The Morgan fingerprint density at radius 1 is 1.13 bits per heavy atom. The van der Waals surface area contributed by atoms with Crippen LogP contribution in [0.1, 0.15) is 26.3 Å². The van der Waals surface area contributed by atoms with Crippen LogP contribution in [0.2, 0.25) is 10.0 Å². The summed E-state index contributed by atoms with van der Waals surface area (Å²) >= 11 is 11.8. The predicted octanol–water partition coefficient (Wildman–Crippen LogP) is 1.97. The molecular formula is C10H13BCl2O2. The fraction of sp³-hybridized carbons (Fsp3) is 0.400. The standard InChI is InChI=1S/C10H13BCl2O2/c1-10(2,3)6-4-5-7(12)9(13)8(6)11(14)15/h4-5,14-15H,1-3H3. The summed E-state index contributed by atoms with van der Waals surface area (Å²) in [6, 6.07) is 3.43. The normalized spacial score (nSPS) is 11.7. The Bertz CT molecular complexity index is 372. The minimum Gasteiger partial charge on any atom is -0.423 e. The molecule has 2 nitrogen and oxygen atoms in total. The first kappa shape index (κ1) is 12.9. The molecule has 0 bridgehead atoms. The third-order valence-electron chi connectivity index (χ3n) is 2.20. The maximum Gasteiger partial charge on any atom is 0.490 e. The SMILES string of the molecule is CC(C)(C)c1ccc(Cl)c(Cl)c1B(O)O. The third-order valence-corrected chi connectivity index (χ3v) is 3.02. The van der Waals surface area contributed by atoms with Gasteiger partial charge in [0.1, 0.15) is 0 Å². The summed E-state index contributed by atoms with van der Waals surface area (Å²) in [6.07, 6.45) is 0. The molecule has 0 aliphatic carbocycles. The average molecular weight is 247 g/mol. The molecule has 0 heterocycles. The highest BCUT2D eigenvalue weighted by Gasteiger charge is 2.27. The van der Waals surface area contributed by atoms with Crippen LogP contribution in [0.4, 0.5) is 0 Å². The summed E-state index contributed by atoms with van der Waals surface area (Å²) in [4.78, 5) is 0. The van der Waals surface area contributed by atoms with E-state index in [-0.39, 0.29) is 15.9 Å². The molecule has 5 heteroatoms. The maximum atomic E-state index is 9.29. The van der Waals surface area contributed by atoms with Crippen molar-refractivity contribution in [2.24, 2.45) is 0 Å². The largest absolute Gasteiger partial charge is 0.490 e. The van der Waals surface area contributed by atoms with Crippen molar-refractivity contribution in [3.05, 3.63) is 27.7 Å². The van der Waals surface area contributed by atoms with Gasteiger partial charge in [-0.2, -0.15) is 0 Å². The highest BCUT2D eigenvalue weighted by Crippen LogP contribution is 2.27. The molecule has 0 atom stereocenters. The highest BCUT2D eigenvalue weighted by atomic mass is 35.5. The second-order valence-electron chi connectivity index (χ2n) is 4.45. The van der Waals surface area contributed by atoms with E-state index in [2.05, 4.69) is 0 Å². The van der Waals surface area contributed by atoms with Crippen molar-refractivity contribution in [2.45, 2.75) is 26.2 Å². The van der Waals surface area contributed by atoms with Gasteiger partial charge >= 0.3 is 7.12 Å². The Morgan fingerprint density at radius 2 is 1.67 bits per heavy atom. The first-order valence-corrected chi connectivity index (χ1v) is 5.35. The fourth-order valence-electron chi connectivity index (χ4n) is 1.47. The zero-order valence-corrected chi connectivity index (χ0v) is 10.4. The van der Waals surface area contributed by atoms with Gasteiger partial charge in [-0.15, -0.1) is 0 Å². The molecule has 0 radical (unpaired) electrons. The van der Waals surface area contributed by atoms with Crippen LogP contribution in [0.15, 0.2) is 12.1 Å². The summed E-state index contributed by atoms with van der Waals surface area (Å²) < 4.78 is 0. The molecule has 1 rings (SSSR count). The zero-order valence-electron chi connectivity index (χ0n) is 8.88. The molecule has 0 saturated heterocycles. The van der Waals surface area contributed by atoms with Gasteiger partial charge in [0.05, 0.1) is 10.0 Å². The zero-order chi connectivity index (χ0) is 11.8. The van der Waals surface area contributed by atoms with E-state index in [1.165, 1.54) is 0 Å². The van der Waals surface area contributed by atoms with Crippen LogP contribution in [0.5, 0.6) is 0 Å². The second kappa shape index (κ2) is 4.34.